The van der Waals surface area contributed by atoms with Crippen LogP contribution < -0.4 is 10.2 Å². The maximum atomic E-state index is 11.6. The summed E-state index contributed by atoms with van der Waals surface area (Å²) in [6.45, 7) is 2.25. The van der Waals surface area contributed by atoms with Crippen LogP contribution in [0.5, 0.6) is 5.75 Å². The standard InChI is InChI=1S/C13H16ClNO3/c1-9(13(16)15-17-8-10-2-3-10)18-12-6-4-11(14)5-7-12/h4-7,9-10H,2-3,8H2,1H3,(H,15,16)/t9-/m0/s1. The second-order valence-corrected chi connectivity index (χ2v) is 4.87. The first kappa shape index (κ1) is 13.2. The van der Waals surface area contributed by atoms with Crippen LogP contribution in [0.1, 0.15) is 19.8 Å². The number of hydroxylamine groups is 1. The van der Waals surface area contributed by atoms with Gasteiger partial charge in [-0.2, -0.15) is 0 Å². The third-order valence-electron chi connectivity index (χ3n) is 2.68. The number of amides is 1. The number of nitrogens with one attached hydrogen (secondary N) is 1. The smallest absolute Gasteiger partial charge is 0.284 e. The molecule has 0 spiro atoms. The zero-order valence-electron chi connectivity index (χ0n) is 10.2. The van der Waals surface area contributed by atoms with Gasteiger partial charge in [-0.25, -0.2) is 5.48 Å². The lowest BCUT2D eigenvalue weighted by molar-refractivity contribution is -0.140. The van der Waals surface area contributed by atoms with Crippen LogP contribution in [-0.2, 0) is 9.63 Å². The van der Waals surface area contributed by atoms with Gasteiger partial charge in [0.1, 0.15) is 5.75 Å². The Morgan fingerprint density at radius 2 is 2.11 bits per heavy atom. The number of carbonyl (C=O) groups is 1. The van der Waals surface area contributed by atoms with Crippen LogP contribution in [0.2, 0.25) is 5.02 Å². The lowest BCUT2D eigenvalue weighted by Crippen LogP contribution is -2.36. The molecule has 1 aliphatic rings. The van der Waals surface area contributed by atoms with E-state index < -0.39 is 6.10 Å². The van der Waals surface area contributed by atoms with Gasteiger partial charge >= 0.3 is 0 Å². The highest BCUT2D eigenvalue weighted by molar-refractivity contribution is 6.30. The monoisotopic (exact) mass is 269 g/mol. The molecule has 1 atom stereocenters. The van der Waals surface area contributed by atoms with Crippen molar-refractivity contribution in [2.75, 3.05) is 6.61 Å². The van der Waals surface area contributed by atoms with E-state index in [4.69, 9.17) is 21.2 Å². The average Bonchev–Trinajstić information content (AvgIpc) is 3.16. The van der Waals surface area contributed by atoms with Crippen molar-refractivity contribution >= 4 is 17.5 Å². The number of rotatable bonds is 6. The third kappa shape index (κ3) is 4.20. The van der Waals surface area contributed by atoms with E-state index in [-0.39, 0.29) is 5.91 Å². The molecule has 1 aliphatic carbocycles. The van der Waals surface area contributed by atoms with Gasteiger partial charge in [-0.1, -0.05) is 11.6 Å². The highest BCUT2D eigenvalue weighted by Crippen LogP contribution is 2.28. The maximum Gasteiger partial charge on any atom is 0.284 e. The molecule has 98 valence electrons. The number of benzene rings is 1. The van der Waals surface area contributed by atoms with E-state index in [1.807, 2.05) is 0 Å². The topological polar surface area (TPSA) is 47.6 Å². The van der Waals surface area contributed by atoms with Gasteiger partial charge in [0.2, 0.25) is 0 Å². The average molecular weight is 270 g/mol. The summed E-state index contributed by atoms with van der Waals surface area (Å²) in [5.41, 5.74) is 2.40. The van der Waals surface area contributed by atoms with E-state index >= 15 is 0 Å². The van der Waals surface area contributed by atoms with Crippen LogP contribution in [-0.4, -0.2) is 18.6 Å². The van der Waals surface area contributed by atoms with Crippen molar-refractivity contribution in [3.05, 3.63) is 29.3 Å². The molecule has 1 saturated carbocycles. The van der Waals surface area contributed by atoms with Gasteiger partial charge in [0, 0.05) is 5.02 Å². The molecule has 0 aromatic heterocycles. The lowest BCUT2D eigenvalue weighted by atomic mass is 10.3. The van der Waals surface area contributed by atoms with Gasteiger partial charge in [-0.3, -0.25) is 9.63 Å². The number of ether oxygens (including phenoxy) is 1. The minimum absolute atomic E-state index is 0.286. The van der Waals surface area contributed by atoms with E-state index in [9.17, 15) is 4.79 Å². The van der Waals surface area contributed by atoms with Crippen molar-refractivity contribution in [3.63, 3.8) is 0 Å². The van der Waals surface area contributed by atoms with Crippen molar-refractivity contribution in [1.82, 2.24) is 5.48 Å². The van der Waals surface area contributed by atoms with Crippen LogP contribution in [0.4, 0.5) is 0 Å². The Bertz CT molecular complexity index is 403. The SMILES string of the molecule is C[C@H](Oc1ccc(Cl)cc1)C(=O)NOCC1CC1. The molecule has 18 heavy (non-hydrogen) atoms. The Balaban J connectivity index is 1.73. The first-order valence-corrected chi connectivity index (χ1v) is 6.37. The van der Waals surface area contributed by atoms with Crippen LogP contribution in [0.25, 0.3) is 0 Å². The summed E-state index contributed by atoms with van der Waals surface area (Å²) in [5, 5.41) is 0.632. The van der Waals surface area contributed by atoms with E-state index in [2.05, 4.69) is 5.48 Å². The third-order valence-corrected chi connectivity index (χ3v) is 2.94. The Morgan fingerprint density at radius 3 is 2.72 bits per heavy atom. The van der Waals surface area contributed by atoms with Gasteiger partial charge < -0.3 is 4.74 Å². The Hall–Kier alpha value is -1.26. The van der Waals surface area contributed by atoms with Crippen molar-refractivity contribution in [1.29, 1.82) is 0 Å². The first-order valence-electron chi connectivity index (χ1n) is 5.99. The molecule has 4 nitrogen and oxygen atoms in total. The summed E-state index contributed by atoms with van der Waals surface area (Å²) in [4.78, 5) is 16.7. The summed E-state index contributed by atoms with van der Waals surface area (Å²) >= 11 is 5.76. The number of carbonyl (C=O) groups excluding carboxylic acids is 1. The van der Waals surface area contributed by atoms with Gasteiger partial charge in [-0.15, -0.1) is 0 Å². The molecular weight excluding hydrogens is 254 g/mol. The molecule has 0 radical (unpaired) electrons. The molecule has 1 fully saturated rings. The summed E-state index contributed by atoms with van der Waals surface area (Å²) < 4.78 is 5.45. The van der Waals surface area contributed by atoms with Gasteiger partial charge in [0.25, 0.3) is 5.91 Å². The molecule has 0 bridgehead atoms. The highest BCUT2D eigenvalue weighted by atomic mass is 35.5. The Morgan fingerprint density at radius 1 is 1.44 bits per heavy atom. The summed E-state index contributed by atoms with van der Waals surface area (Å²) in [7, 11) is 0. The number of halogens is 1. The lowest BCUT2D eigenvalue weighted by Gasteiger charge is -2.14. The molecule has 1 aromatic rings. The van der Waals surface area contributed by atoms with Crippen molar-refractivity contribution in [2.24, 2.45) is 5.92 Å². The second kappa shape index (κ2) is 6.07. The zero-order chi connectivity index (χ0) is 13.0. The molecule has 0 heterocycles. The minimum atomic E-state index is -0.606. The highest BCUT2D eigenvalue weighted by Gasteiger charge is 2.22. The molecule has 0 saturated heterocycles. The number of hydrogen-bond donors (Lipinski definition) is 1. The number of hydrogen-bond acceptors (Lipinski definition) is 3. The van der Waals surface area contributed by atoms with Crippen LogP contribution in [0.3, 0.4) is 0 Å². The summed E-state index contributed by atoms with van der Waals surface area (Å²) in [5.74, 6) is 0.924. The maximum absolute atomic E-state index is 11.6. The summed E-state index contributed by atoms with van der Waals surface area (Å²) in [6, 6.07) is 6.87. The molecule has 0 unspecified atom stereocenters. The van der Waals surface area contributed by atoms with Gasteiger partial charge in [-0.05, 0) is 49.9 Å². The fourth-order valence-electron chi connectivity index (χ4n) is 1.37. The zero-order valence-corrected chi connectivity index (χ0v) is 10.9. The van der Waals surface area contributed by atoms with Gasteiger partial charge in [0.05, 0.1) is 6.61 Å². The predicted octanol–water partition coefficient (Wildman–Crippen LogP) is 2.57. The van der Waals surface area contributed by atoms with Crippen molar-refractivity contribution in [3.8, 4) is 5.75 Å². The molecule has 5 heteroatoms. The Kier molecular flexibility index (Phi) is 4.44. The van der Waals surface area contributed by atoms with Crippen LogP contribution in [0.15, 0.2) is 24.3 Å². The first-order chi connectivity index (χ1) is 8.65. The van der Waals surface area contributed by atoms with Gasteiger partial charge in [0.15, 0.2) is 6.10 Å². The van der Waals surface area contributed by atoms with Crippen molar-refractivity contribution in [2.45, 2.75) is 25.9 Å². The van der Waals surface area contributed by atoms with E-state index in [0.29, 0.717) is 23.3 Å². The molecule has 1 aromatic carbocycles. The molecule has 2 rings (SSSR count). The quantitative estimate of drug-likeness (QED) is 0.808. The van der Waals surface area contributed by atoms with Crippen molar-refractivity contribution < 1.29 is 14.4 Å². The van der Waals surface area contributed by atoms with E-state index in [0.717, 1.165) is 0 Å². The predicted molar refractivity (Wildman–Crippen MR) is 68.4 cm³/mol. The fourth-order valence-corrected chi connectivity index (χ4v) is 1.49. The van der Waals surface area contributed by atoms with E-state index in [1.165, 1.54) is 12.8 Å². The van der Waals surface area contributed by atoms with E-state index in [1.54, 1.807) is 31.2 Å². The normalized spacial score (nSPS) is 16.1. The molecule has 1 N–H and O–H groups in total. The fraction of sp³-hybridized carbons (Fsp3) is 0.462. The van der Waals surface area contributed by atoms with Crippen LogP contribution in [0, 0.1) is 5.92 Å². The molecular formula is C13H16ClNO3. The molecule has 0 aliphatic heterocycles. The minimum Gasteiger partial charge on any atom is -0.481 e. The summed E-state index contributed by atoms with van der Waals surface area (Å²) in [6.07, 6.45) is 1.77. The molecule has 1 amide bonds. The second-order valence-electron chi connectivity index (χ2n) is 4.43. The largest absolute Gasteiger partial charge is 0.481 e. The Labute approximate surface area is 111 Å². The van der Waals surface area contributed by atoms with Crippen LogP contribution >= 0.6 is 11.6 Å².